The molecule has 0 atom stereocenters. The molecule has 2 aromatic carbocycles. The highest BCUT2D eigenvalue weighted by atomic mass is 79.9. The van der Waals surface area contributed by atoms with E-state index in [4.69, 9.17) is 5.73 Å². The maximum Gasteiger partial charge on any atom is 0.236 e. The molecule has 6 heteroatoms. The Morgan fingerprint density at radius 3 is 2.33 bits per heavy atom. The van der Waals surface area contributed by atoms with Crippen molar-refractivity contribution in [2.45, 2.75) is 19.2 Å². The van der Waals surface area contributed by atoms with Gasteiger partial charge in [-0.05, 0) is 51.7 Å². The third-order valence-corrected chi connectivity index (χ3v) is 4.94. The van der Waals surface area contributed by atoms with Gasteiger partial charge >= 0.3 is 0 Å². The lowest BCUT2D eigenvalue weighted by Crippen LogP contribution is -2.15. The normalized spacial score (nSPS) is 11.4. The molecule has 0 bridgehead atoms. The summed E-state index contributed by atoms with van der Waals surface area (Å²) < 4.78 is 27.8. The summed E-state index contributed by atoms with van der Waals surface area (Å²) in [5.41, 5.74) is 8.77. The summed E-state index contributed by atoms with van der Waals surface area (Å²) in [6.45, 7) is 2.36. The Bertz CT molecular complexity index is 728. The van der Waals surface area contributed by atoms with Crippen LogP contribution in [-0.2, 0) is 22.3 Å². The number of rotatable bonds is 5. The lowest BCUT2D eigenvalue weighted by molar-refractivity contribution is 0.600. The second-order valence-corrected chi connectivity index (χ2v) is 7.44. The lowest BCUT2D eigenvalue weighted by Gasteiger charge is -2.11. The smallest absolute Gasteiger partial charge is 0.236 e. The van der Waals surface area contributed by atoms with Crippen LogP contribution >= 0.6 is 15.9 Å². The first-order valence-corrected chi connectivity index (χ1v) is 8.89. The quantitative estimate of drug-likeness (QED) is 0.851. The van der Waals surface area contributed by atoms with Crippen molar-refractivity contribution in [3.63, 3.8) is 0 Å². The Balaban J connectivity index is 2.16. The van der Waals surface area contributed by atoms with E-state index in [0.717, 1.165) is 21.2 Å². The molecule has 0 unspecified atom stereocenters. The molecular weight excluding hydrogens is 352 g/mol. The van der Waals surface area contributed by atoms with E-state index in [1.807, 2.05) is 31.2 Å². The van der Waals surface area contributed by atoms with E-state index >= 15 is 0 Å². The van der Waals surface area contributed by atoms with Crippen molar-refractivity contribution >= 4 is 31.6 Å². The fourth-order valence-electron chi connectivity index (χ4n) is 1.91. The zero-order chi connectivity index (χ0) is 15.5. The van der Waals surface area contributed by atoms with E-state index in [1.165, 1.54) is 0 Å². The largest absolute Gasteiger partial charge is 0.326 e. The van der Waals surface area contributed by atoms with Crippen LogP contribution in [0.25, 0.3) is 0 Å². The number of nitrogens with two attached hydrogens (primary N) is 1. The fourth-order valence-corrected chi connectivity index (χ4v) is 3.60. The molecular formula is C15H17BrN2O2S. The van der Waals surface area contributed by atoms with Gasteiger partial charge in [-0.3, -0.25) is 4.72 Å². The summed E-state index contributed by atoms with van der Waals surface area (Å²) in [4.78, 5) is 0. The molecule has 4 nitrogen and oxygen atoms in total. The highest BCUT2D eigenvalue weighted by Crippen LogP contribution is 2.25. The van der Waals surface area contributed by atoms with Gasteiger partial charge in [0.2, 0.25) is 10.0 Å². The van der Waals surface area contributed by atoms with Crippen LogP contribution in [0.2, 0.25) is 0 Å². The molecule has 3 N–H and O–H groups in total. The average molecular weight is 369 g/mol. The summed E-state index contributed by atoms with van der Waals surface area (Å²) in [7, 11) is -3.46. The van der Waals surface area contributed by atoms with Gasteiger partial charge in [0.1, 0.15) is 0 Å². The van der Waals surface area contributed by atoms with Crippen LogP contribution in [0.5, 0.6) is 0 Å². The molecule has 0 saturated carbocycles. The lowest BCUT2D eigenvalue weighted by atomic mass is 10.1. The van der Waals surface area contributed by atoms with Gasteiger partial charge < -0.3 is 5.73 Å². The van der Waals surface area contributed by atoms with E-state index in [-0.39, 0.29) is 5.75 Å². The Morgan fingerprint density at radius 2 is 1.71 bits per heavy atom. The van der Waals surface area contributed by atoms with Crippen LogP contribution in [-0.4, -0.2) is 8.42 Å². The number of nitrogens with one attached hydrogen (secondary N) is 1. The highest BCUT2D eigenvalue weighted by Gasteiger charge is 2.13. The van der Waals surface area contributed by atoms with E-state index in [9.17, 15) is 8.42 Å². The molecule has 0 saturated heterocycles. The third-order valence-electron chi connectivity index (χ3n) is 3.00. The molecule has 0 radical (unpaired) electrons. The molecule has 2 rings (SSSR count). The van der Waals surface area contributed by atoms with Crippen molar-refractivity contribution in [3.05, 3.63) is 63.6 Å². The van der Waals surface area contributed by atoms with Crippen LogP contribution in [0.3, 0.4) is 0 Å². The number of sulfonamides is 1. The topological polar surface area (TPSA) is 72.2 Å². The standard InChI is InChI=1S/C15H17BrN2O2S/c1-11-2-7-14(16)15(8-11)18-21(19,20)10-13-5-3-12(9-17)4-6-13/h2-8,18H,9-10,17H2,1H3. The molecule has 112 valence electrons. The van der Waals surface area contributed by atoms with Gasteiger partial charge in [-0.2, -0.15) is 0 Å². The summed E-state index contributed by atoms with van der Waals surface area (Å²) in [5.74, 6) is -0.0712. The number of hydrogen-bond donors (Lipinski definition) is 2. The Labute approximate surface area is 133 Å². The first-order chi connectivity index (χ1) is 9.89. The van der Waals surface area contributed by atoms with Gasteiger partial charge in [0.15, 0.2) is 0 Å². The Morgan fingerprint density at radius 1 is 1.10 bits per heavy atom. The SMILES string of the molecule is Cc1ccc(Br)c(NS(=O)(=O)Cc2ccc(CN)cc2)c1. The van der Waals surface area contributed by atoms with Crippen LogP contribution in [0.15, 0.2) is 46.9 Å². The monoisotopic (exact) mass is 368 g/mol. The molecule has 2 aromatic rings. The van der Waals surface area contributed by atoms with Gasteiger partial charge in [0, 0.05) is 11.0 Å². The zero-order valence-corrected chi connectivity index (χ0v) is 14.0. The van der Waals surface area contributed by atoms with Crippen molar-refractivity contribution < 1.29 is 8.42 Å². The van der Waals surface area contributed by atoms with Crippen molar-refractivity contribution in [3.8, 4) is 0 Å². The molecule has 0 aromatic heterocycles. The van der Waals surface area contributed by atoms with Crippen LogP contribution in [0.4, 0.5) is 5.69 Å². The van der Waals surface area contributed by atoms with Crippen molar-refractivity contribution in [1.29, 1.82) is 0 Å². The van der Waals surface area contributed by atoms with Crippen LogP contribution in [0.1, 0.15) is 16.7 Å². The third kappa shape index (κ3) is 4.56. The minimum Gasteiger partial charge on any atom is -0.326 e. The first kappa shape index (κ1) is 16.0. The van der Waals surface area contributed by atoms with Gasteiger partial charge in [0.25, 0.3) is 0 Å². The summed E-state index contributed by atoms with van der Waals surface area (Å²) in [6, 6.07) is 12.8. The molecule has 0 heterocycles. The maximum absolute atomic E-state index is 12.2. The Hall–Kier alpha value is -1.37. The summed E-state index contributed by atoms with van der Waals surface area (Å²) >= 11 is 3.35. The van der Waals surface area contributed by atoms with Crippen molar-refractivity contribution in [1.82, 2.24) is 0 Å². The van der Waals surface area contributed by atoms with Gasteiger partial charge in [-0.15, -0.1) is 0 Å². The molecule has 21 heavy (non-hydrogen) atoms. The maximum atomic E-state index is 12.2. The predicted molar refractivity (Wildman–Crippen MR) is 89.5 cm³/mol. The fraction of sp³-hybridized carbons (Fsp3) is 0.200. The second kappa shape index (κ2) is 6.60. The van der Waals surface area contributed by atoms with Crippen LogP contribution < -0.4 is 10.5 Å². The van der Waals surface area contributed by atoms with E-state index < -0.39 is 10.0 Å². The van der Waals surface area contributed by atoms with E-state index in [0.29, 0.717) is 12.2 Å². The van der Waals surface area contributed by atoms with Gasteiger partial charge in [0.05, 0.1) is 11.4 Å². The number of benzene rings is 2. The number of halogens is 1. The predicted octanol–water partition coefficient (Wildman–Crippen LogP) is 3.16. The van der Waals surface area contributed by atoms with Crippen molar-refractivity contribution in [2.24, 2.45) is 5.73 Å². The second-order valence-electron chi connectivity index (χ2n) is 4.87. The molecule has 0 aliphatic carbocycles. The first-order valence-electron chi connectivity index (χ1n) is 6.44. The summed E-state index contributed by atoms with van der Waals surface area (Å²) in [5, 5.41) is 0. The Kier molecular flexibility index (Phi) is 5.03. The summed E-state index contributed by atoms with van der Waals surface area (Å²) in [6.07, 6.45) is 0. The number of aryl methyl sites for hydroxylation is 1. The molecule has 0 fully saturated rings. The van der Waals surface area contributed by atoms with E-state index in [1.54, 1.807) is 18.2 Å². The molecule has 0 aliphatic rings. The number of anilines is 1. The average Bonchev–Trinajstić information content (AvgIpc) is 2.43. The highest BCUT2D eigenvalue weighted by molar-refractivity contribution is 9.10. The zero-order valence-electron chi connectivity index (χ0n) is 11.6. The minimum atomic E-state index is -3.46. The molecule has 0 amide bonds. The van der Waals surface area contributed by atoms with E-state index in [2.05, 4.69) is 20.7 Å². The number of hydrogen-bond acceptors (Lipinski definition) is 3. The van der Waals surface area contributed by atoms with Crippen LogP contribution in [0, 0.1) is 6.92 Å². The van der Waals surface area contributed by atoms with Crippen molar-refractivity contribution in [2.75, 3.05) is 4.72 Å². The molecule has 0 spiro atoms. The van der Waals surface area contributed by atoms with Gasteiger partial charge in [-0.1, -0.05) is 30.3 Å². The van der Waals surface area contributed by atoms with Gasteiger partial charge in [-0.25, -0.2) is 8.42 Å². The minimum absolute atomic E-state index is 0.0712. The molecule has 0 aliphatic heterocycles.